The summed E-state index contributed by atoms with van der Waals surface area (Å²) in [5.41, 5.74) is 0.982. The quantitative estimate of drug-likeness (QED) is 0.626. The average Bonchev–Trinajstić information content (AvgIpc) is 2.34. The molecule has 0 radical (unpaired) electrons. The summed E-state index contributed by atoms with van der Waals surface area (Å²) in [7, 11) is 0. The van der Waals surface area contributed by atoms with Crippen LogP contribution in [0.5, 0.6) is 0 Å². The summed E-state index contributed by atoms with van der Waals surface area (Å²) in [4.78, 5) is 6.74. The Bertz CT molecular complexity index is 179. The molecule has 0 amide bonds. The molecule has 0 saturated heterocycles. The molecular weight excluding hydrogens is 136 g/mol. The highest BCUT2D eigenvalue weighted by Gasteiger charge is 1.81. The molecule has 0 aromatic carbocycles. The van der Waals surface area contributed by atoms with E-state index in [9.17, 15) is 0 Å². The van der Waals surface area contributed by atoms with E-state index in [1.807, 2.05) is 12.2 Å². The summed E-state index contributed by atoms with van der Waals surface area (Å²) in [5.74, 6) is 0.541. The van der Waals surface area contributed by atoms with Gasteiger partial charge in [-0.25, -0.2) is 4.98 Å². The van der Waals surface area contributed by atoms with Crippen molar-refractivity contribution in [3.8, 4) is 0 Å². The lowest BCUT2D eigenvalue weighted by Gasteiger charge is -1.78. The molecule has 1 N–H and O–H groups in total. The van der Waals surface area contributed by atoms with Crippen molar-refractivity contribution in [2.24, 2.45) is 0 Å². The maximum absolute atomic E-state index is 5.40. The lowest BCUT2D eigenvalue weighted by Crippen LogP contribution is -1.66. The Hall–Kier alpha value is -0.760. The zero-order valence-electron chi connectivity index (χ0n) is 4.84. The monoisotopic (exact) mass is 142 g/mol. The van der Waals surface area contributed by atoms with E-state index in [-0.39, 0.29) is 0 Å². The minimum atomic E-state index is 0.541. The fraction of sp³-hybridized carbons (Fsp3) is 0.167. The first-order valence-corrected chi connectivity index (χ1v) is 3.18. The number of hydrogen-bond acceptors (Lipinski definition) is 1. The lowest BCUT2D eigenvalue weighted by atomic mass is 10.4. The van der Waals surface area contributed by atoms with Crippen LogP contribution in [-0.4, -0.2) is 15.8 Å². The van der Waals surface area contributed by atoms with Crippen LogP contribution >= 0.6 is 11.6 Å². The van der Waals surface area contributed by atoms with E-state index in [0.717, 1.165) is 5.69 Å². The van der Waals surface area contributed by atoms with Crippen LogP contribution < -0.4 is 0 Å². The number of nitrogens with one attached hydrogen (secondary N) is 1. The highest BCUT2D eigenvalue weighted by molar-refractivity contribution is 6.19. The third-order valence-electron chi connectivity index (χ3n) is 0.906. The molecule has 0 spiro atoms. The first kappa shape index (κ1) is 6.36. The summed E-state index contributed by atoms with van der Waals surface area (Å²) in [6.45, 7) is 0. The van der Waals surface area contributed by atoms with Crippen LogP contribution in [0, 0.1) is 0 Å². The third kappa shape index (κ3) is 1.90. The standard InChI is InChI=1S/C6H7ClN2/c7-3-1-2-6-4-8-5-9-6/h1-2,4-5H,3H2,(H,8,9). The topological polar surface area (TPSA) is 28.7 Å². The second-order valence-corrected chi connectivity index (χ2v) is 1.87. The molecular formula is C6H7ClN2. The van der Waals surface area contributed by atoms with Crippen molar-refractivity contribution in [2.75, 3.05) is 5.88 Å². The molecule has 0 aliphatic rings. The number of nitrogens with zero attached hydrogens (tertiary/aromatic N) is 1. The number of hydrogen-bond donors (Lipinski definition) is 1. The molecule has 1 rings (SSSR count). The molecule has 48 valence electrons. The van der Waals surface area contributed by atoms with Crippen molar-refractivity contribution in [1.29, 1.82) is 0 Å². The van der Waals surface area contributed by atoms with Crippen molar-refractivity contribution in [2.45, 2.75) is 0 Å². The Morgan fingerprint density at radius 3 is 3.22 bits per heavy atom. The molecule has 0 atom stereocenters. The largest absolute Gasteiger partial charge is 0.345 e. The Morgan fingerprint density at radius 1 is 1.78 bits per heavy atom. The van der Waals surface area contributed by atoms with Crippen LogP contribution in [0.25, 0.3) is 6.08 Å². The van der Waals surface area contributed by atoms with E-state index in [2.05, 4.69) is 9.97 Å². The van der Waals surface area contributed by atoms with Gasteiger partial charge in [0.25, 0.3) is 0 Å². The molecule has 9 heavy (non-hydrogen) atoms. The zero-order chi connectivity index (χ0) is 6.53. The summed E-state index contributed by atoms with van der Waals surface area (Å²) in [5, 5.41) is 0. The Kier molecular flexibility index (Phi) is 2.33. The second-order valence-electron chi connectivity index (χ2n) is 1.56. The number of rotatable bonds is 2. The van der Waals surface area contributed by atoms with Crippen molar-refractivity contribution < 1.29 is 0 Å². The van der Waals surface area contributed by atoms with Gasteiger partial charge in [-0.2, -0.15) is 0 Å². The van der Waals surface area contributed by atoms with E-state index in [4.69, 9.17) is 11.6 Å². The van der Waals surface area contributed by atoms with Gasteiger partial charge in [-0.1, -0.05) is 6.08 Å². The first-order valence-electron chi connectivity index (χ1n) is 2.64. The van der Waals surface area contributed by atoms with Gasteiger partial charge in [-0.05, 0) is 6.08 Å². The highest BCUT2D eigenvalue weighted by atomic mass is 35.5. The maximum atomic E-state index is 5.40. The molecule has 0 aliphatic carbocycles. The van der Waals surface area contributed by atoms with Gasteiger partial charge in [-0.15, -0.1) is 11.6 Å². The number of allylic oxidation sites excluding steroid dienone is 1. The molecule has 3 heteroatoms. The van der Waals surface area contributed by atoms with Crippen molar-refractivity contribution in [3.63, 3.8) is 0 Å². The van der Waals surface area contributed by atoms with Gasteiger partial charge in [0, 0.05) is 5.88 Å². The Balaban J connectivity index is 2.57. The number of aromatic amines is 1. The van der Waals surface area contributed by atoms with Gasteiger partial charge >= 0.3 is 0 Å². The smallest absolute Gasteiger partial charge is 0.0924 e. The summed E-state index contributed by atoms with van der Waals surface area (Å²) in [6.07, 6.45) is 7.12. The van der Waals surface area contributed by atoms with Crippen molar-refractivity contribution >= 4 is 17.7 Å². The normalized spacial score (nSPS) is 10.8. The van der Waals surface area contributed by atoms with E-state index in [1.165, 1.54) is 0 Å². The number of aromatic nitrogens is 2. The van der Waals surface area contributed by atoms with Crippen LogP contribution in [0.4, 0.5) is 0 Å². The van der Waals surface area contributed by atoms with E-state index >= 15 is 0 Å². The summed E-state index contributed by atoms with van der Waals surface area (Å²) < 4.78 is 0. The fourth-order valence-corrected chi connectivity index (χ4v) is 0.618. The molecule has 2 nitrogen and oxygen atoms in total. The number of H-pyrrole nitrogens is 1. The maximum Gasteiger partial charge on any atom is 0.0924 e. The minimum Gasteiger partial charge on any atom is -0.345 e. The highest BCUT2D eigenvalue weighted by Crippen LogP contribution is 1.93. The average molecular weight is 143 g/mol. The first-order chi connectivity index (χ1) is 4.43. The second kappa shape index (κ2) is 3.30. The van der Waals surface area contributed by atoms with Gasteiger partial charge in [-0.3, -0.25) is 0 Å². The van der Waals surface area contributed by atoms with Crippen molar-refractivity contribution in [3.05, 3.63) is 24.3 Å². The zero-order valence-corrected chi connectivity index (χ0v) is 5.60. The van der Waals surface area contributed by atoms with Crippen LogP contribution in [0.2, 0.25) is 0 Å². The predicted octanol–water partition coefficient (Wildman–Crippen LogP) is 1.66. The minimum absolute atomic E-state index is 0.541. The predicted molar refractivity (Wildman–Crippen MR) is 38.3 cm³/mol. The number of halogens is 1. The van der Waals surface area contributed by atoms with Gasteiger partial charge in [0.1, 0.15) is 0 Å². The molecule has 0 saturated carbocycles. The SMILES string of the molecule is ClCC=Cc1cnc[nH]1. The van der Waals surface area contributed by atoms with Gasteiger partial charge in [0.15, 0.2) is 0 Å². The molecule has 1 heterocycles. The molecule has 0 unspecified atom stereocenters. The third-order valence-corrected chi connectivity index (χ3v) is 1.08. The van der Waals surface area contributed by atoms with E-state index < -0.39 is 0 Å². The van der Waals surface area contributed by atoms with Crippen molar-refractivity contribution in [1.82, 2.24) is 9.97 Å². The van der Waals surface area contributed by atoms with E-state index in [1.54, 1.807) is 12.5 Å². The molecule has 1 aromatic heterocycles. The van der Waals surface area contributed by atoms with Gasteiger partial charge in [0.05, 0.1) is 18.2 Å². The van der Waals surface area contributed by atoms with E-state index in [0.29, 0.717) is 5.88 Å². The molecule has 0 bridgehead atoms. The Labute approximate surface area is 58.6 Å². The number of imidazole rings is 1. The summed E-state index contributed by atoms with van der Waals surface area (Å²) >= 11 is 5.40. The van der Waals surface area contributed by atoms with Crippen LogP contribution in [0.15, 0.2) is 18.6 Å². The van der Waals surface area contributed by atoms with Crippen LogP contribution in [-0.2, 0) is 0 Å². The van der Waals surface area contributed by atoms with Crippen LogP contribution in [0.1, 0.15) is 5.69 Å². The fourth-order valence-electron chi connectivity index (χ4n) is 0.529. The van der Waals surface area contributed by atoms with Gasteiger partial charge in [0.2, 0.25) is 0 Å². The lowest BCUT2D eigenvalue weighted by molar-refractivity contribution is 1.31. The summed E-state index contributed by atoms with van der Waals surface area (Å²) in [6, 6.07) is 0. The van der Waals surface area contributed by atoms with Gasteiger partial charge < -0.3 is 4.98 Å². The molecule has 0 aliphatic heterocycles. The number of alkyl halides is 1. The Morgan fingerprint density at radius 2 is 2.67 bits per heavy atom. The molecule has 0 fully saturated rings. The van der Waals surface area contributed by atoms with Crippen LogP contribution in [0.3, 0.4) is 0 Å². The molecule has 1 aromatic rings.